The van der Waals surface area contributed by atoms with Crippen LogP contribution in [0.3, 0.4) is 0 Å². The number of carbonyl (C=O) groups excluding carboxylic acids is 1. The molecule has 4 aromatic rings. The molecular formula is C21H17BrN4O3. The number of para-hydroxylation sites is 2. The number of nitrogens with one attached hydrogen (secondary N) is 1. The number of hydrogen-bond acceptors (Lipinski definition) is 5. The van der Waals surface area contributed by atoms with E-state index in [1.165, 1.54) is 0 Å². The molecule has 2 aromatic heterocycles. The molecule has 0 spiro atoms. The molecule has 0 atom stereocenters. The highest BCUT2D eigenvalue weighted by atomic mass is 79.9. The van der Waals surface area contributed by atoms with Crippen LogP contribution in [0.15, 0.2) is 75.9 Å². The highest BCUT2D eigenvalue weighted by Crippen LogP contribution is 2.25. The summed E-state index contributed by atoms with van der Waals surface area (Å²) < 4.78 is 13.4. The van der Waals surface area contributed by atoms with Crippen molar-refractivity contribution in [3.8, 4) is 28.7 Å². The third kappa shape index (κ3) is 4.22. The van der Waals surface area contributed by atoms with E-state index in [1.807, 2.05) is 48.5 Å². The Bertz CT molecular complexity index is 1130. The van der Waals surface area contributed by atoms with Gasteiger partial charge in [0.1, 0.15) is 18.0 Å². The van der Waals surface area contributed by atoms with Gasteiger partial charge in [-0.3, -0.25) is 4.79 Å². The van der Waals surface area contributed by atoms with E-state index in [0.717, 1.165) is 10.0 Å². The van der Waals surface area contributed by atoms with Gasteiger partial charge in [-0.25, -0.2) is 0 Å². The van der Waals surface area contributed by atoms with Crippen molar-refractivity contribution >= 4 is 27.5 Å². The summed E-state index contributed by atoms with van der Waals surface area (Å²) in [7, 11) is 1.56. The van der Waals surface area contributed by atoms with Gasteiger partial charge in [0.15, 0.2) is 0 Å². The van der Waals surface area contributed by atoms with Crippen LogP contribution in [0, 0.1) is 0 Å². The second kappa shape index (κ2) is 8.32. The fourth-order valence-electron chi connectivity index (χ4n) is 2.88. The van der Waals surface area contributed by atoms with Crippen LogP contribution in [0.5, 0.6) is 5.75 Å². The molecule has 1 N–H and O–H groups in total. The molecule has 8 heteroatoms. The first-order valence-corrected chi connectivity index (χ1v) is 9.61. The largest absolute Gasteiger partial charge is 0.495 e. The number of anilines is 1. The minimum atomic E-state index is -0.195. The number of methoxy groups -OCH3 is 1. The third-order valence-corrected chi connectivity index (χ3v) is 4.80. The Hall–Kier alpha value is -3.39. The Kier molecular flexibility index (Phi) is 5.44. The minimum absolute atomic E-state index is 0.0936. The first kappa shape index (κ1) is 18.9. The zero-order valence-corrected chi connectivity index (χ0v) is 17.1. The van der Waals surface area contributed by atoms with Crippen molar-refractivity contribution in [2.45, 2.75) is 6.54 Å². The van der Waals surface area contributed by atoms with Crippen LogP contribution in [0.4, 0.5) is 5.69 Å². The van der Waals surface area contributed by atoms with Crippen LogP contribution in [0.1, 0.15) is 0 Å². The van der Waals surface area contributed by atoms with Gasteiger partial charge in [-0.05, 0) is 48.5 Å². The first-order valence-electron chi connectivity index (χ1n) is 8.82. The van der Waals surface area contributed by atoms with Gasteiger partial charge in [-0.2, -0.15) is 4.98 Å². The Balaban J connectivity index is 1.52. The standard InChI is InChI=1S/C21H17BrN4O3/c1-28-18-7-3-2-5-16(18)23-19(27)13-26-12-4-6-17(26)21-24-20(25-29-21)14-8-10-15(22)11-9-14/h2-12H,13H2,1H3,(H,23,27). The van der Waals surface area contributed by atoms with Crippen molar-refractivity contribution in [3.05, 3.63) is 71.3 Å². The van der Waals surface area contributed by atoms with E-state index in [9.17, 15) is 4.79 Å². The normalized spacial score (nSPS) is 10.7. The summed E-state index contributed by atoms with van der Waals surface area (Å²) in [6, 6.07) is 18.5. The van der Waals surface area contributed by atoms with Gasteiger partial charge >= 0.3 is 0 Å². The molecule has 2 heterocycles. The van der Waals surface area contributed by atoms with Crippen LogP contribution in [0.25, 0.3) is 23.0 Å². The summed E-state index contributed by atoms with van der Waals surface area (Å²) in [5.41, 5.74) is 2.12. The Labute approximate surface area is 175 Å². The van der Waals surface area contributed by atoms with Gasteiger partial charge in [0.05, 0.1) is 12.8 Å². The molecule has 0 aliphatic heterocycles. The van der Waals surface area contributed by atoms with Crippen molar-refractivity contribution in [2.24, 2.45) is 0 Å². The lowest BCUT2D eigenvalue weighted by Crippen LogP contribution is -2.19. The van der Waals surface area contributed by atoms with Crippen molar-refractivity contribution in [3.63, 3.8) is 0 Å². The molecule has 0 saturated carbocycles. The van der Waals surface area contributed by atoms with Gasteiger partial charge < -0.3 is 19.1 Å². The summed E-state index contributed by atoms with van der Waals surface area (Å²) in [4.78, 5) is 17.0. The molecule has 29 heavy (non-hydrogen) atoms. The fourth-order valence-corrected chi connectivity index (χ4v) is 3.15. The molecule has 0 aliphatic carbocycles. The van der Waals surface area contributed by atoms with Crippen LogP contribution in [-0.4, -0.2) is 27.7 Å². The molecule has 4 rings (SSSR count). The SMILES string of the molecule is COc1ccccc1NC(=O)Cn1cccc1-c1nc(-c2ccc(Br)cc2)no1. The van der Waals surface area contributed by atoms with E-state index in [4.69, 9.17) is 9.26 Å². The van der Waals surface area contributed by atoms with Crippen molar-refractivity contribution < 1.29 is 14.1 Å². The smallest absolute Gasteiger partial charge is 0.274 e. The van der Waals surface area contributed by atoms with Gasteiger partial charge in [-0.15, -0.1) is 0 Å². The van der Waals surface area contributed by atoms with Crippen LogP contribution in [-0.2, 0) is 11.3 Å². The molecule has 7 nitrogen and oxygen atoms in total. The molecule has 0 bridgehead atoms. The molecular weight excluding hydrogens is 436 g/mol. The summed E-state index contributed by atoms with van der Waals surface area (Å²) in [5, 5.41) is 6.91. The number of carbonyl (C=O) groups is 1. The lowest BCUT2D eigenvalue weighted by molar-refractivity contribution is -0.116. The predicted octanol–water partition coefficient (Wildman–Crippen LogP) is 4.61. The zero-order chi connectivity index (χ0) is 20.2. The Morgan fingerprint density at radius 3 is 2.72 bits per heavy atom. The number of halogens is 1. The molecule has 2 aromatic carbocycles. The number of aromatic nitrogens is 3. The van der Waals surface area contributed by atoms with E-state index in [2.05, 4.69) is 31.4 Å². The van der Waals surface area contributed by atoms with Crippen LogP contribution in [0.2, 0.25) is 0 Å². The number of rotatable bonds is 6. The lowest BCUT2D eigenvalue weighted by Gasteiger charge is -2.11. The molecule has 1 amide bonds. The van der Waals surface area contributed by atoms with E-state index in [1.54, 1.807) is 30.0 Å². The molecule has 0 saturated heterocycles. The molecule has 0 radical (unpaired) electrons. The first-order chi connectivity index (χ1) is 14.1. The van der Waals surface area contributed by atoms with Gasteiger partial charge in [0.25, 0.3) is 5.89 Å². The Morgan fingerprint density at radius 2 is 1.93 bits per heavy atom. The van der Waals surface area contributed by atoms with Crippen molar-refractivity contribution in [1.82, 2.24) is 14.7 Å². The van der Waals surface area contributed by atoms with Gasteiger partial charge in [-0.1, -0.05) is 33.2 Å². The minimum Gasteiger partial charge on any atom is -0.495 e. The molecule has 0 fully saturated rings. The second-order valence-corrected chi connectivity index (χ2v) is 7.12. The number of benzene rings is 2. The van der Waals surface area contributed by atoms with E-state index < -0.39 is 0 Å². The van der Waals surface area contributed by atoms with E-state index in [-0.39, 0.29) is 12.5 Å². The van der Waals surface area contributed by atoms with Crippen LogP contribution < -0.4 is 10.1 Å². The Morgan fingerprint density at radius 1 is 1.14 bits per heavy atom. The highest BCUT2D eigenvalue weighted by molar-refractivity contribution is 9.10. The van der Waals surface area contributed by atoms with Gasteiger partial charge in [0, 0.05) is 16.2 Å². The summed E-state index contributed by atoms with van der Waals surface area (Å²) in [6.07, 6.45) is 1.79. The van der Waals surface area contributed by atoms with E-state index in [0.29, 0.717) is 28.8 Å². The maximum atomic E-state index is 12.5. The summed E-state index contributed by atoms with van der Waals surface area (Å²) >= 11 is 3.41. The number of nitrogens with zero attached hydrogens (tertiary/aromatic N) is 3. The second-order valence-electron chi connectivity index (χ2n) is 6.20. The number of hydrogen-bond donors (Lipinski definition) is 1. The van der Waals surface area contributed by atoms with Crippen molar-refractivity contribution in [1.29, 1.82) is 0 Å². The maximum absolute atomic E-state index is 12.5. The van der Waals surface area contributed by atoms with Crippen molar-refractivity contribution in [2.75, 3.05) is 12.4 Å². The monoisotopic (exact) mass is 452 g/mol. The molecule has 146 valence electrons. The third-order valence-electron chi connectivity index (χ3n) is 4.27. The highest BCUT2D eigenvalue weighted by Gasteiger charge is 2.16. The zero-order valence-electron chi connectivity index (χ0n) is 15.5. The average molecular weight is 453 g/mol. The maximum Gasteiger partial charge on any atom is 0.274 e. The summed E-state index contributed by atoms with van der Waals surface area (Å²) in [5.74, 6) is 1.24. The quantitative estimate of drug-likeness (QED) is 0.461. The van der Waals surface area contributed by atoms with Gasteiger partial charge in [0.2, 0.25) is 11.7 Å². The number of ether oxygens (including phenoxy) is 1. The van der Waals surface area contributed by atoms with E-state index >= 15 is 0 Å². The number of amides is 1. The topological polar surface area (TPSA) is 82.2 Å². The summed E-state index contributed by atoms with van der Waals surface area (Å²) in [6.45, 7) is 0.0936. The average Bonchev–Trinajstić information content (AvgIpc) is 3.38. The van der Waals surface area contributed by atoms with Crippen LogP contribution >= 0.6 is 15.9 Å². The lowest BCUT2D eigenvalue weighted by atomic mass is 10.2. The molecule has 0 aliphatic rings. The molecule has 0 unspecified atom stereocenters. The fraction of sp³-hybridized carbons (Fsp3) is 0.0952. The predicted molar refractivity (Wildman–Crippen MR) is 112 cm³/mol.